The second kappa shape index (κ2) is 5.87. The van der Waals surface area contributed by atoms with E-state index >= 15 is 0 Å². The maximum atomic E-state index is 5.39. The molecule has 0 aliphatic heterocycles. The van der Waals surface area contributed by atoms with Crippen LogP contribution in [-0.4, -0.2) is 7.05 Å². The van der Waals surface area contributed by atoms with E-state index in [1.165, 1.54) is 23.1 Å². The van der Waals surface area contributed by atoms with Gasteiger partial charge in [-0.1, -0.05) is 37.6 Å². The van der Waals surface area contributed by atoms with Gasteiger partial charge in [0.2, 0.25) is 0 Å². The Balaban J connectivity index is 2.25. The largest absolute Gasteiger partial charge is 0.469 e. The lowest BCUT2D eigenvalue weighted by Gasteiger charge is -2.16. The van der Waals surface area contributed by atoms with E-state index < -0.39 is 0 Å². The third kappa shape index (κ3) is 2.65. The number of aryl methyl sites for hydroxylation is 2. The number of hydrogen-bond acceptors (Lipinski definition) is 2. The molecule has 2 rings (SSSR count). The highest BCUT2D eigenvalue weighted by Crippen LogP contribution is 2.25. The minimum atomic E-state index is 0.208. The van der Waals surface area contributed by atoms with Crippen molar-refractivity contribution in [2.75, 3.05) is 7.05 Å². The second-order valence-corrected chi connectivity index (χ2v) is 4.65. The molecule has 0 bridgehead atoms. The van der Waals surface area contributed by atoms with Crippen LogP contribution in [0.2, 0.25) is 0 Å². The summed E-state index contributed by atoms with van der Waals surface area (Å²) in [6.45, 7) is 4.21. The van der Waals surface area contributed by atoms with Crippen LogP contribution in [0, 0.1) is 6.92 Å². The second-order valence-electron chi connectivity index (χ2n) is 4.65. The standard InChI is InChI=1S/C16H21NO/c1-4-5-13-6-8-14(9-7-13)16(17-3)15-10-11-18-12(15)2/h6-11,16-17H,4-5H2,1-3H3. The molecule has 0 spiro atoms. The van der Waals surface area contributed by atoms with E-state index in [1.54, 1.807) is 6.26 Å². The molecule has 1 aromatic heterocycles. The SMILES string of the molecule is CCCc1ccc(C(NC)c2ccoc2C)cc1. The van der Waals surface area contributed by atoms with Gasteiger partial charge in [0.05, 0.1) is 12.3 Å². The van der Waals surface area contributed by atoms with E-state index in [0.29, 0.717) is 0 Å². The summed E-state index contributed by atoms with van der Waals surface area (Å²) < 4.78 is 5.39. The average molecular weight is 243 g/mol. The van der Waals surface area contributed by atoms with E-state index in [0.717, 1.165) is 12.2 Å². The van der Waals surface area contributed by atoms with Crippen LogP contribution in [0.15, 0.2) is 41.0 Å². The van der Waals surface area contributed by atoms with Crippen LogP contribution in [0.4, 0.5) is 0 Å². The van der Waals surface area contributed by atoms with Crippen LogP contribution in [0.3, 0.4) is 0 Å². The van der Waals surface area contributed by atoms with Gasteiger partial charge in [-0.25, -0.2) is 0 Å². The highest BCUT2D eigenvalue weighted by atomic mass is 16.3. The van der Waals surface area contributed by atoms with Crippen molar-refractivity contribution in [1.29, 1.82) is 0 Å². The zero-order chi connectivity index (χ0) is 13.0. The fraction of sp³-hybridized carbons (Fsp3) is 0.375. The van der Waals surface area contributed by atoms with Gasteiger partial charge in [-0.15, -0.1) is 0 Å². The zero-order valence-corrected chi connectivity index (χ0v) is 11.4. The van der Waals surface area contributed by atoms with Crippen molar-refractivity contribution >= 4 is 0 Å². The van der Waals surface area contributed by atoms with Gasteiger partial charge >= 0.3 is 0 Å². The lowest BCUT2D eigenvalue weighted by atomic mass is 9.97. The smallest absolute Gasteiger partial charge is 0.105 e. The Hall–Kier alpha value is -1.54. The first-order valence-electron chi connectivity index (χ1n) is 6.56. The summed E-state index contributed by atoms with van der Waals surface area (Å²) in [6, 6.07) is 11.1. The van der Waals surface area contributed by atoms with E-state index in [9.17, 15) is 0 Å². The predicted molar refractivity (Wildman–Crippen MR) is 74.8 cm³/mol. The third-order valence-corrected chi connectivity index (χ3v) is 3.35. The molecular formula is C16H21NO. The number of furan rings is 1. The maximum Gasteiger partial charge on any atom is 0.105 e. The van der Waals surface area contributed by atoms with Crippen molar-refractivity contribution in [1.82, 2.24) is 5.32 Å². The molecule has 1 atom stereocenters. The molecule has 1 aromatic carbocycles. The van der Waals surface area contributed by atoms with E-state index in [2.05, 4.69) is 36.5 Å². The van der Waals surface area contributed by atoms with Crippen LogP contribution in [-0.2, 0) is 6.42 Å². The van der Waals surface area contributed by atoms with Crippen molar-refractivity contribution in [3.05, 3.63) is 59.0 Å². The third-order valence-electron chi connectivity index (χ3n) is 3.35. The Bertz CT molecular complexity index is 484. The quantitative estimate of drug-likeness (QED) is 0.863. The summed E-state index contributed by atoms with van der Waals surface area (Å²) in [5.74, 6) is 0.979. The van der Waals surface area contributed by atoms with Gasteiger partial charge in [0.15, 0.2) is 0 Å². The van der Waals surface area contributed by atoms with Gasteiger partial charge in [-0.05, 0) is 37.6 Å². The zero-order valence-electron chi connectivity index (χ0n) is 11.4. The minimum absolute atomic E-state index is 0.208. The average Bonchev–Trinajstić information content (AvgIpc) is 2.79. The number of nitrogens with one attached hydrogen (secondary N) is 1. The fourth-order valence-electron chi connectivity index (χ4n) is 2.36. The molecule has 0 amide bonds. The van der Waals surface area contributed by atoms with E-state index in [-0.39, 0.29) is 6.04 Å². The molecule has 0 saturated heterocycles. The topological polar surface area (TPSA) is 25.2 Å². The number of hydrogen-bond donors (Lipinski definition) is 1. The Kier molecular flexibility index (Phi) is 4.21. The molecule has 1 N–H and O–H groups in total. The Morgan fingerprint density at radius 1 is 1.17 bits per heavy atom. The Morgan fingerprint density at radius 3 is 2.39 bits per heavy atom. The molecule has 1 heterocycles. The molecule has 2 aromatic rings. The minimum Gasteiger partial charge on any atom is -0.469 e. The highest BCUT2D eigenvalue weighted by Gasteiger charge is 2.15. The first kappa shape index (κ1) is 12.9. The van der Waals surface area contributed by atoms with Gasteiger partial charge in [-0.2, -0.15) is 0 Å². The van der Waals surface area contributed by atoms with E-state index in [4.69, 9.17) is 4.42 Å². The van der Waals surface area contributed by atoms with Crippen molar-refractivity contribution in [2.24, 2.45) is 0 Å². The maximum absolute atomic E-state index is 5.39. The summed E-state index contributed by atoms with van der Waals surface area (Å²) >= 11 is 0. The molecule has 0 fully saturated rings. The van der Waals surface area contributed by atoms with Crippen molar-refractivity contribution < 1.29 is 4.42 Å². The summed E-state index contributed by atoms with van der Waals surface area (Å²) in [6.07, 6.45) is 4.09. The molecule has 18 heavy (non-hydrogen) atoms. The highest BCUT2D eigenvalue weighted by molar-refractivity contribution is 5.34. The Labute approximate surface area is 109 Å². The molecule has 0 radical (unpaired) electrons. The monoisotopic (exact) mass is 243 g/mol. The van der Waals surface area contributed by atoms with Crippen LogP contribution in [0.25, 0.3) is 0 Å². The van der Waals surface area contributed by atoms with Gasteiger partial charge in [0.1, 0.15) is 5.76 Å². The molecule has 0 aliphatic rings. The first-order valence-corrected chi connectivity index (χ1v) is 6.56. The van der Waals surface area contributed by atoms with Crippen LogP contribution in [0.5, 0.6) is 0 Å². The lowest BCUT2D eigenvalue weighted by Crippen LogP contribution is -2.17. The molecule has 0 aliphatic carbocycles. The molecule has 1 unspecified atom stereocenters. The first-order chi connectivity index (χ1) is 8.76. The van der Waals surface area contributed by atoms with Crippen LogP contribution < -0.4 is 5.32 Å². The molecule has 2 heteroatoms. The fourth-order valence-corrected chi connectivity index (χ4v) is 2.36. The van der Waals surface area contributed by atoms with Gasteiger partial charge in [0, 0.05) is 5.56 Å². The van der Waals surface area contributed by atoms with Gasteiger partial charge in [0.25, 0.3) is 0 Å². The van der Waals surface area contributed by atoms with Crippen LogP contribution >= 0.6 is 0 Å². The van der Waals surface area contributed by atoms with Gasteiger partial charge < -0.3 is 9.73 Å². The van der Waals surface area contributed by atoms with Crippen molar-refractivity contribution in [3.63, 3.8) is 0 Å². The van der Waals surface area contributed by atoms with Gasteiger partial charge in [-0.3, -0.25) is 0 Å². The van der Waals surface area contributed by atoms with Crippen molar-refractivity contribution in [3.8, 4) is 0 Å². The number of rotatable bonds is 5. The summed E-state index contributed by atoms with van der Waals surface area (Å²) in [5, 5.41) is 3.35. The van der Waals surface area contributed by atoms with Crippen LogP contribution in [0.1, 0.15) is 41.8 Å². The Morgan fingerprint density at radius 2 is 1.89 bits per heavy atom. The van der Waals surface area contributed by atoms with Crippen molar-refractivity contribution in [2.45, 2.75) is 32.7 Å². The molecule has 96 valence electrons. The molecule has 0 saturated carbocycles. The number of benzene rings is 1. The normalized spacial score (nSPS) is 12.6. The lowest BCUT2D eigenvalue weighted by molar-refractivity contribution is 0.523. The molecular weight excluding hydrogens is 222 g/mol. The van der Waals surface area contributed by atoms with E-state index in [1.807, 2.05) is 20.0 Å². The predicted octanol–water partition coefficient (Wildman–Crippen LogP) is 3.85. The molecule has 2 nitrogen and oxygen atoms in total. The summed E-state index contributed by atoms with van der Waals surface area (Å²) in [7, 11) is 1.98. The summed E-state index contributed by atoms with van der Waals surface area (Å²) in [5.41, 5.74) is 3.89. The summed E-state index contributed by atoms with van der Waals surface area (Å²) in [4.78, 5) is 0.